The predicted molar refractivity (Wildman–Crippen MR) is 92.6 cm³/mol. The summed E-state index contributed by atoms with van der Waals surface area (Å²) in [7, 11) is -4.23. The minimum atomic E-state index is -4.23. The standard InChI is InChI=1S/C14H22N5O6P/c1-9(2)5-24-14(20)18-12-11-13(16-6-15-12)19(7-17-11)4-10(3)25-8-26(21,22)23/h6-7,9-10H,4-5,8H2,1-3H3,(H2,21,22,23)(H,15,16,18,20)/t10-/m1/s1. The smallest absolute Gasteiger partial charge is 0.412 e. The van der Waals surface area contributed by atoms with Gasteiger partial charge < -0.3 is 23.8 Å². The van der Waals surface area contributed by atoms with Crippen LogP contribution in [0.2, 0.25) is 0 Å². The summed E-state index contributed by atoms with van der Waals surface area (Å²) in [4.78, 5) is 41.8. The van der Waals surface area contributed by atoms with Crippen molar-refractivity contribution in [1.82, 2.24) is 19.5 Å². The topological polar surface area (TPSA) is 149 Å². The molecular weight excluding hydrogens is 365 g/mol. The van der Waals surface area contributed by atoms with Crippen molar-refractivity contribution in [1.29, 1.82) is 0 Å². The molecule has 2 aromatic rings. The Labute approximate surface area is 149 Å². The van der Waals surface area contributed by atoms with Gasteiger partial charge in [0.25, 0.3) is 0 Å². The summed E-state index contributed by atoms with van der Waals surface area (Å²) in [5.41, 5.74) is 0.821. The monoisotopic (exact) mass is 387 g/mol. The van der Waals surface area contributed by atoms with E-state index in [2.05, 4.69) is 20.3 Å². The molecule has 2 aromatic heterocycles. The van der Waals surface area contributed by atoms with Crippen LogP contribution >= 0.6 is 7.60 Å². The number of amides is 1. The lowest BCUT2D eigenvalue weighted by Crippen LogP contribution is -2.18. The molecule has 144 valence electrons. The van der Waals surface area contributed by atoms with E-state index in [1.54, 1.807) is 11.5 Å². The van der Waals surface area contributed by atoms with Gasteiger partial charge in [-0.15, -0.1) is 0 Å². The maximum absolute atomic E-state index is 11.8. The van der Waals surface area contributed by atoms with Crippen LogP contribution in [0.15, 0.2) is 12.7 Å². The fraction of sp³-hybridized carbons (Fsp3) is 0.571. The first kappa shape index (κ1) is 20.2. The van der Waals surface area contributed by atoms with Crippen LogP contribution < -0.4 is 5.32 Å². The molecule has 0 saturated heterocycles. The molecule has 26 heavy (non-hydrogen) atoms. The molecule has 12 heteroatoms. The van der Waals surface area contributed by atoms with Gasteiger partial charge in [0.1, 0.15) is 12.7 Å². The molecule has 0 fully saturated rings. The summed E-state index contributed by atoms with van der Waals surface area (Å²) >= 11 is 0. The molecule has 1 amide bonds. The van der Waals surface area contributed by atoms with Crippen molar-refractivity contribution in [3.05, 3.63) is 12.7 Å². The van der Waals surface area contributed by atoms with Gasteiger partial charge in [-0.3, -0.25) is 9.88 Å². The summed E-state index contributed by atoms with van der Waals surface area (Å²) in [6, 6.07) is 0. The van der Waals surface area contributed by atoms with Crippen LogP contribution in [-0.4, -0.2) is 54.5 Å². The Morgan fingerprint density at radius 3 is 2.69 bits per heavy atom. The highest BCUT2D eigenvalue weighted by Gasteiger charge is 2.18. The number of carbonyl (C=O) groups excluding carboxylic acids is 1. The quantitative estimate of drug-likeness (QED) is 0.574. The number of anilines is 1. The van der Waals surface area contributed by atoms with Crippen molar-refractivity contribution in [2.75, 3.05) is 18.3 Å². The van der Waals surface area contributed by atoms with E-state index < -0.39 is 26.1 Å². The minimum Gasteiger partial charge on any atom is -0.449 e. The molecule has 2 rings (SSSR count). The Kier molecular flexibility index (Phi) is 6.65. The Hall–Kier alpha value is -2.07. The summed E-state index contributed by atoms with van der Waals surface area (Å²) in [6.07, 6.45) is 0.986. The van der Waals surface area contributed by atoms with Crippen molar-refractivity contribution in [2.45, 2.75) is 33.4 Å². The van der Waals surface area contributed by atoms with E-state index in [1.807, 2.05) is 13.8 Å². The summed E-state index contributed by atoms with van der Waals surface area (Å²) in [5, 5.41) is 2.53. The largest absolute Gasteiger partial charge is 0.449 e. The highest BCUT2D eigenvalue weighted by atomic mass is 31.2. The van der Waals surface area contributed by atoms with Gasteiger partial charge in [0.05, 0.1) is 25.6 Å². The molecular formula is C14H22N5O6P. The molecule has 1 atom stereocenters. The SMILES string of the molecule is CC(C)COC(=O)Nc1ncnc2c1ncn2C[C@@H](C)OCP(=O)(O)O. The van der Waals surface area contributed by atoms with E-state index in [4.69, 9.17) is 19.3 Å². The second-order valence-corrected chi connectivity index (χ2v) is 7.77. The number of hydrogen-bond acceptors (Lipinski definition) is 7. The van der Waals surface area contributed by atoms with Gasteiger partial charge in [0, 0.05) is 0 Å². The zero-order valence-corrected chi connectivity index (χ0v) is 15.6. The molecule has 0 unspecified atom stereocenters. The van der Waals surface area contributed by atoms with E-state index in [9.17, 15) is 9.36 Å². The third-order valence-corrected chi connectivity index (χ3v) is 3.64. The van der Waals surface area contributed by atoms with Crippen LogP contribution in [-0.2, 0) is 20.6 Å². The van der Waals surface area contributed by atoms with Crippen LogP contribution in [0.25, 0.3) is 11.2 Å². The van der Waals surface area contributed by atoms with Crippen molar-refractivity contribution in [2.24, 2.45) is 5.92 Å². The average molecular weight is 387 g/mol. The zero-order chi connectivity index (χ0) is 19.3. The Bertz CT molecular complexity index is 804. The number of hydrogen-bond donors (Lipinski definition) is 3. The third kappa shape index (κ3) is 6.03. The Morgan fingerprint density at radius 1 is 1.31 bits per heavy atom. The van der Waals surface area contributed by atoms with E-state index >= 15 is 0 Å². The van der Waals surface area contributed by atoms with Gasteiger partial charge in [-0.25, -0.2) is 19.7 Å². The number of nitrogens with zero attached hydrogens (tertiary/aromatic N) is 4. The molecule has 0 spiro atoms. The molecule has 0 aliphatic heterocycles. The number of carbonyl (C=O) groups is 1. The summed E-state index contributed by atoms with van der Waals surface area (Å²) < 4.78 is 22.7. The predicted octanol–water partition coefficient (Wildman–Crippen LogP) is 1.57. The highest BCUT2D eigenvalue weighted by molar-refractivity contribution is 7.51. The van der Waals surface area contributed by atoms with E-state index in [0.29, 0.717) is 11.2 Å². The first-order valence-electron chi connectivity index (χ1n) is 7.91. The lowest BCUT2D eigenvalue weighted by atomic mass is 10.2. The van der Waals surface area contributed by atoms with Gasteiger partial charge >= 0.3 is 13.7 Å². The second-order valence-electron chi connectivity index (χ2n) is 6.18. The number of imidazole rings is 1. The van der Waals surface area contributed by atoms with Crippen LogP contribution in [0.3, 0.4) is 0 Å². The molecule has 0 aromatic carbocycles. The van der Waals surface area contributed by atoms with Crippen LogP contribution in [0.4, 0.5) is 10.6 Å². The molecule has 0 aliphatic carbocycles. The first-order valence-corrected chi connectivity index (χ1v) is 9.71. The lowest BCUT2D eigenvalue weighted by Gasteiger charge is -2.14. The Balaban J connectivity index is 2.07. The molecule has 2 heterocycles. The maximum Gasteiger partial charge on any atom is 0.412 e. The maximum atomic E-state index is 11.8. The normalized spacial score (nSPS) is 13.2. The number of fused-ring (bicyclic) bond motifs is 1. The molecule has 11 nitrogen and oxygen atoms in total. The number of nitrogens with one attached hydrogen (secondary N) is 1. The first-order chi connectivity index (χ1) is 12.2. The molecule has 0 radical (unpaired) electrons. The van der Waals surface area contributed by atoms with Crippen LogP contribution in [0.1, 0.15) is 20.8 Å². The van der Waals surface area contributed by atoms with Gasteiger partial charge in [-0.2, -0.15) is 0 Å². The van der Waals surface area contributed by atoms with Gasteiger partial charge in [0.15, 0.2) is 17.0 Å². The summed E-state index contributed by atoms with van der Waals surface area (Å²) in [5.74, 6) is 0.423. The van der Waals surface area contributed by atoms with Crippen LogP contribution in [0, 0.1) is 5.92 Å². The molecule has 0 saturated carbocycles. The average Bonchev–Trinajstić information content (AvgIpc) is 2.94. The Morgan fingerprint density at radius 2 is 2.04 bits per heavy atom. The van der Waals surface area contributed by atoms with Crippen molar-refractivity contribution >= 4 is 30.7 Å². The number of aromatic nitrogens is 4. The van der Waals surface area contributed by atoms with Gasteiger partial charge in [-0.1, -0.05) is 13.8 Å². The van der Waals surface area contributed by atoms with Crippen molar-refractivity contribution in [3.8, 4) is 0 Å². The fourth-order valence-corrected chi connectivity index (χ4v) is 2.48. The highest BCUT2D eigenvalue weighted by Crippen LogP contribution is 2.34. The summed E-state index contributed by atoms with van der Waals surface area (Å²) in [6.45, 7) is 6.07. The van der Waals surface area contributed by atoms with Crippen molar-refractivity contribution in [3.63, 3.8) is 0 Å². The fourth-order valence-electron chi connectivity index (χ4n) is 2.03. The number of ether oxygens (including phenoxy) is 2. The third-order valence-electron chi connectivity index (χ3n) is 3.15. The van der Waals surface area contributed by atoms with Gasteiger partial charge in [-0.05, 0) is 12.8 Å². The number of rotatable bonds is 8. The van der Waals surface area contributed by atoms with Gasteiger partial charge in [0.2, 0.25) is 0 Å². The van der Waals surface area contributed by atoms with E-state index in [0.717, 1.165) is 0 Å². The van der Waals surface area contributed by atoms with E-state index in [1.165, 1.54) is 12.7 Å². The minimum absolute atomic E-state index is 0.208. The molecule has 3 N–H and O–H groups in total. The van der Waals surface area contributed by atoms with Crippen LogP contribution in [0.5, 0.6) is 0 Å². The second kappa shape index (κ2) is 8.54. The zero-order valence-electron chi connectivity index (χ0n) is 14.7. The van der Waals surface area contributed by atoms with E-state index in [-0.39, 0.29) is 24.9 Å². The van der Waals surface area contributed by atoms with Crippen molar-refractivity contribution < 1.29 is 28.6 Å². The molecule has 0 aliphatic rings. The molecule has 0 bridgehead atoms. The lowest BCUT2D eigenvalue weighted by molar-refractivity contribution is 0.0764.